The van der Waals surface area contributed by atoms with Crippen molar-refractivity contribution < 1.29 is 14.1 Å². The van der Waals surface area contributed by atoms with Gasteiger partial charge < -0.3 is 14.6 Å². The molecule has 2 aromatic rings. The number of rotatable bonds is 5. The van der Waals surface area contributed by atoms with Gasteiger partial charge in [-0.25, -0.2) is 0 Å². The predicted molar refractivity (Wildman–Crippen MR) is 94.1 cm³/mol. The van der Waals surface area contributed by atoms with Gasteiger partial charge in [0.25, 0.3) is 5.91 Å². The molecule has 0 radical (unpaired) electrons. The first-order valence-electron chi connectivity index (χ1n) is 8.67. The van der Waals surface area contributed by atoms with Crippen LogP contribution in [0.4, 0.5) is 0 Å². The second kappa shape index (κ2) is 7.80. The van der Waals surface area contributed by atoms with E-state index in [9.17, 15) is 4.79 Å². The second-order valence-electron chi connectivity index (χ2n) is 6.74. The first-order valence-corrected chi connectivity index (χ1v) is 8.67. The van der Waals surface area contributed by atoms with Crippen LogP contribution in [-0.2, 0) is 17.8 Å². The van der Waals surface area contributed by atoms with Crippen LogP contribution in [0.15, 0.2) is 34.9 Å². The molecule has 1 N–H and O–H groups in total. The molecule has 6 heteroatoms. The van der Waals surface area contributed by atoms with Gasteiger partial charge in [-0.3, -0.25) is 9.69 Å². The molecule has 0 unspecified atom stereocenters. The standard InChI is InChI=1S/C19H25N3O3/c1-13-8-18(25-21-13)19(23)20-9-16-6-4-5-7-17(16)12-22-10-14(2)24-15(3)11-22/h4-8,14-15H,9-12H2,1-3H3,(H,20,23)/t14-,15+. The lowest BCUT2D eigenvalue weighted by atomic mass is 10.1. The summed E-state index contributed by atoms with van der Waals surface area (Å²) in [4.78, 5) is 14.5. The fourth-order valence-corrected chi connectivity index (χ4v) is 3.27. The number of morpholine rings is 1. The molecule has 1 aliphatic heterocycles. The Balaban J connectivity index is 1.63. The zero-order chi connectivity index (χ0) is 17.8. The van der Waals surface area contributed by atoms with Crippen LogP contribution in [-0.4, -0.2) is 41.3 Å². The number of amides is 1. The van der Waals surface area contributed by atoms with Crippen LogP contribution in [0.5, 0.6) is 0 Å². The maximum absolute atomic E-state index is 12.1. The molecule has 0 saturated carbocycles. The third-order valence-corrected chi connectivity index (χ3v) is 4.30. The maximum Gasteiger partial charge on any atom is 0.290 e. The highest BCUT2D eigenvalue weighted by atomic mass is 16.5. The van der Waals surface area contributed by atoms with Gasteiger partial charge in [0.15, 0.2) is 0 Å². The Morgan fingerprint density at radius 1 is 1.24 bits per heavy atom. The predicted octanol–water partition coefficient (Wildman–Crippen LogP) is 2.52. The number of benzene rings is 1. The van der Waals surface area contributed by atoms with Gasteiger partial charge in [0.2, 0.25) is 5.76 Å². The van der Waals surface area contributed by atoms with Gasteiger partial charge in [-0.2, -0.15) is 0 Å². The second-order valence-corrected chi connectivity index (χ2v) is 6.74. The molecule has 1 fully saturated rings. The molecule has 1 amide bonds. The largest absolute Gasteiger partial charge is 0.373 e. The number of aromatic nitrogens is 1. The Bertz CT molecular complexity index is 718. The van der Waals surface area contributed by atoms with Crippen molar-refractivity contribution >= 4 is 5.91 Å². The molecule has 2 heterocycles. The van der Waals surface area contributed by atoms with Crippen molar-refractivity contribution in [1.82, 2.24) is 15.4 Å². The smallest absolute Gasteiger partial charge is 0.290 e. The van der Waals surface area contributed by atoms with E-state index >= 15 is 0 Å². The molecule has 0 aliphatic carbocycles. The molecule has 1 aromatic carbocycles. The van der Waals surface area contributed by atoms with E-state index in [4.69, 9.17) is 9.26 Å². The zero-order valence-corrected chi connectivity index (χ0v) is 15.0. The van der Waals surface area contributed by atoms with E-state index in [0.29, 0.717) is 12.2 Å². The fourth-order valence-electron chi connectivity index (χ4n) is 3.27. The van der Waals surface area contributed by atoms with Gasteiger partial charge >= 0.3 is 0 Å². The quantitative estimate of drug-likeness (QED) is 0.903. The fraction of sp³-hybridized carbons (Fsp3) is 0.474. The van der Waals surface area contributed by atoms with Gasteiger partial charge in [-0.15, -0.1) is 0 Å². The molecule has 2 atom stereocenters. The van der Waals surface area contributed by atoms with Crippen molar-refractivity contribution in [2.24, 2.45) is 0 Å². The van der Waals surface area contributed by atoms with E-state index in [1.54, 1.807) is 13.0 Å². The molecule has 0 bridgehead atoms. The van der Waals surface area contributed by atoms with Crippen LogP contribution in [0.25, 0.3) is 0 Å². The molecule has 134 valence electrons. The molecular formula is C19H25N3O3. The molecule has 1 aliphatic rings. The molecule has 1 saturated heterocycles. The maximum atomic E-state index is 12.1. The topological polar surface area (TPSA) is 67.6 Å². The number of nitrogens with zero attached hydrogens (tertiary/aromatic N) is 2. The summed E-state index contributed by atoms with van der Waals surface area (Å²) in [7, 11) is 0. The first kappa shape index (κ1) is 17.6. The van der Waals surface area contributed by atoms with Crippen LogP contribution < -0.4 is 5.32 Å². The monoisotopic (exact) mass is 343 g/mol. The Kier molecular flexibility index (Phi) is 5.50. The highest BCUT2D eigenvalue weighted by molar-refractivity contribution is 5.91. The highest BCUT2D eigenvalue weighted by Gasteiger charge is 2.22. The number of carbonyl (C=O) groups excluding carboxylic acids is 1. The van der Waals surface area contributed by atoms with Crippen molar-refractivity contribution in [3.63, 3.8) is 0 Å². The van der Waals surface area contributed by atoms with Gasteiger partial charge in [0.05, 0.1) is 17.9 Å². The molecule has 0 spiro atoms. The summed E-state index contributed by atoms with van der Waals surface area (Å²) in [5.41, 5.74) is 3.03. The Morgan fingerprint density at radius 3 is 2.56 bits per heavy atom. The summed E-state index contributed by atoms with van der Waals surface area (Å²) >= 11 is 0. The number of aryl methyl sites for hydroxylation is 1. The summed E-state index contributed by atoms with van der Waals surface area (Å²) < 4.78 is 10.8. The average molecular weight is 343 g/mol. The summed E-state index contributed by atoms with van der Waals surface area (Å²) in [6.45, 7) is 9.16. The minimum Gasteiger partial charge on any atom is -0.373 e. The van der Waals surface area contributed by atoms with E-state index in [1.165, 1.54) is 5.56 Å². The number of carbonyl (C=O) groups is 1. The van der Waals surface area contributed by atoms with E-state index in [1.807, 2.05) is 12.1 Å². The normalized spacial score (nSPS) is 21.2. The zero-order valence-electron chi connectivity index (χ0n) is 15.0. The van der Waals surface area contributed by atoms with Crippen LogP contribution in [0, 0.1) is 6.92 Å². The Hall–Kier alpha value is -2.18. The highest BCUT2D eigenvalue weighted by Crippen LogP contribution is 2.17. The average Bonchev–Trinajstić information content (AvgIpc) is 2.99. The molecular weight excluding hydrogens is 318 g/mol. The first-order chi connectivity index (χ1) is 12.0. The van der Waals surface area contributed by atoms with Crippen molar-refractivity contribution in [1.29, 1.82) is 0 Å². The van der Waals surface area contributed by atoms with Gasteiger partial charge in [0.1, 0.15) is 0 Å². The van der Waals surface area contributed by atoms with Crippen LogP contribution in [0.3, 0.4) is 0 Å². The van der Waals surface area contributed by atoms with E-state index in [2.05, 4.69) is 41.4 Å². The summed E-state index contributed by atoms with van der Waals surface area (Å²) in [5, 5.41) is 6.66. The van der Waals surface area contributed by atoms with Crippen molar-refractivity contribution in [3.05, 3.63) is 52.9 Å². The minimum absolute atomic E-state index is 0.241. The van der Waals surface area contributed by atoms with E-state index < -0.39 is 0 Å². The molecule has 3 rings (SSSR count). The van der Waals surface area contributed by atoms with Crippen LogP contribution in [0.1, 0.15) is 41.2 Å². The Morgan fingerprint density at radius 2 is 1.92 bits per heavy atom. The number of hydrogen-bond acceptors (Lipinski definition) is 5. The summed E-state index contributed by atoms with van der Waals surface area (Å²) in [5.74, 6) is -0.00479. The lowest BCUT2D eigenvalue weighted by Crippen LogP contribution is -2.45. The number of hydrogen-bond donors (Lipinski definition) is 1. The molecule has 1 aromatic heterocycles. The molecule has 25 heavy (non-hydrogen) atoms. The lowest BCUT2D eigenvalue weighted by molar-refractivity contribution is -0.0705. The number of nitrogens with one attached hydrogen (secondary N) is 1. The van der Waals surface area contributed by atoms with Crippen LogP contribution >= 0.6 is 0 Å². The van der Waals surface area contributed by atoms with Crippen molar-refractivity contribution in [3.8, 4) is 0 Å². The van der Waals surface area contributed by atoms with Crippen molar-refractivity contribution in [2.75, 3.05) is 13.1 Å². The van der Waals surface area contributed by atoms with Gasteiger partial charge in [0, 0.05) is 32.2 Å². The summed E-state index contributed by atoms with van der Waals surface area (Å²) in [6, 6.07) is 9.83. The van der Waals surface area contributed by atoms with Crippen LogP contribution in [0.2, 0.25) is 0 Å². The van der Waals surface area contributed by atoms with E-state index in [0.717, 1.165) is 25.2 Å². The SMILES string of the molecule is Cc1cc(C(=O)NCc2ccccc2CN2C[C@@H](C)O[C@@H](C)C2)on1. The van der Waals surface area contributed by atoms with E-state index in [-0.39, 0.29) is 23.9 Å². The lowest BCUT2D eigenvalue weighted by Gasteiger charge is -2.35. The minimum atomic E-state index is -0.246. The Labute approximate surface area is 148 Å². The van der Waals surface area contributed by atoms with Crippen molar-refractivity contribution in [2.45, 2.75) is 46.1 Å². The third kappa shape index (κ3) is 4.67. The summed E-state index contributed by atoms with van der Waals surface area (Å²) in [6.07, 6.45) is 0.482. The number of ether oxygens (including phenoxy) is 1. The van der Waals surface area contributed by atoms with Gasteiger partial charge in [-0.1, -0.05) is 29.4 Å². The van der Waals surface area contributed by atoms with Gasteiger partial charge in [-0.05, 0) is 31.9 Å². The molecule has 6 nitrogen and oxygen atoms in total. The third-order valence-electron chi connectivity index (χ3n) is 4.30.